The zero-order chi connectivity index (χ0) is 22.4. The number of sulfonamides is 1. The summed E-state index contributed by atoms with van der Waals surface area (Å²) in [5.41, 5.74) is 1.42. The van der Waals surface area contributed by atoms with E-state index in [-0.39, 0.29) is 4.90 Å². The quantitative estimate of drug-likeness (QED) is 0.631. The van der Waals surface area contributed by atoms with Crippen LogP contribution in [-0.2, 0) is 20.2 Å². The van der Waals surface area contributed by atoms with Crippen molar-refractivity contribution >= 4 is 26.8 Å². The molecular weight excluding hydrogens is 416 g/mol. The monoisotopic (exact) mass is 440 g/mol. The van der Waals surface area contributed by atoms with E-state index in [9.17, 15) is 13.2 Å². The lowest BCUT2D eigenvalue weighted by molar-refractivity contribution is -0.121. The summed E-state index contributed by atoms with van der Waals surface area (Å²) < 4.78 is 39.8. The number of benzene rings is 2. The van der Waals surface area contributed by atoms with Crippen molar-refractivity contribution < 1.29 is 22.7 Å². The topological polar surface area (TPSA) is 94.6 Å². The molecule has 1 heterocycles. The Morgan fingerprint density at radius 1 is 1.03 bits per heavy atom. The van der Waals surface area contributed by atoms with E-state index >= 15 is 0 Å². The Labute approximate surface area is 181 Å². The molecule has 1 saturated carbocycles. The van der Waals surface area contributed by atoms with Crippen LogP contribution in [0.3, 0.4) is 0 Å². The number of nitrogens with zero attached hydrogens (tertiary/aromatic N) is 1. The van der Waals surface area contributed by atoms with Crippen molar-refractivity contribution in [3.05, 3.63) is 59.3 Å². The molecule has 0 aliphatic heterocycles. The van der Waals surface area contributed by atoms with Crippen LogP contribution >= 0.6 is 0 Å². The first-order chi connectivity index (χ1) is 14.7. The highest BCUT2D eigenvalue weighted by molar-refractivity contribution is 7.90. The Hall–Kier alpha value is -3.13. The van der Waals surface area contributed by atoms with Gasteiger partial charge in [-0.25, -0.2) is 13.1 Å². The molecule has 0 spiro atoms. The number of pyridine rings is 1. The van der Waals surface area contributed by atoms with Gasteiger partial charge < -0.3 is 9.47 Å². The fourth-order valence-corrected chi connectivity index (χ4v) is 5.20. The van der Waals surface area contributed by atoms with Crippen LogP contribution in [0.1, 0.15) is 29.7 Å². The van der Waals surface area contributed by atoms with Gasteiger partial charge in [0.15, 0.2) is 0 Å². The van der Waals surface area contributed by atoms with Crippen molar-refractivity contribution in [1.82, 2.24) is 9.71 Å². The Morgan fingerprint density at radius 2 is 1.77 bits per heavy atom. The highest BCUT2D eigenvalue weighted by atomic mass is 32.2. The van der Waals surface area contributed by atoms with Gasteiger partial charge >= 0.3 is 0 Å². The molecule has 0 unspecified atom stereocenters. The van der Waals surface area contributed by atoms with Gasteiger partial charge in [-0.15, -0.1) is 0 Å². The standard InChI is InChI=1S/C23H24N2O5S/c1-14-8-11-17(29-3)19(21(14)30-4)23(12-13-23)22(26)25-31(27,28)18-7-5-6-16-10-9-15(2)24-20(16)18/h5-11H,12-13H2,1-4H3,(H,25,26). The largest absolute Gasteiger partial charge is 0.496 e. The van der Waals surface area contributed by atoms with Crippen molar-refractivity contribution in [3.8, 4) is 11.5 Å². The Balaban J connectivity index is 1.76. The number of nitrogens with one attached hydrogen (secondary N) is 1. The molecule has 31 heavy (non-hydrogen) atoms. The molecule has 1 aromatic heterocycles. The van der Waals surface area contributed by atoms with E-state index in [1.807, 2.05) is 25.1 Å². The number of aromatic nitrogens is 1. The van der Waals surface area contributed by atoms with E-state index in [2.05, 4.69) is 9.71 Å². The SMILES string of the molecule is COc1ccc(C)c(OC)c1C1(C(=O)NS(=O)(=O)c2cccc3ccc(C)nc23)CC1. The molecule has 7 nitrogen and oxygen atoms in total. The molecule has 0 bridgehead atoms. The molecule has 1 fully saturated rings. The van der Waals surface area contributed by atoms with Crippen molar-refractivity contribution in [2.24, 2.45) is 0 Å². The number of carbonyl (C=O) groups is 1. The van der Waals surface area contributed by atoms with Crippen LogP contribution in [0.4, 0.5) is 0 Å². The lowest BCUT2D eigenvalue weighted by atomic mass is 9.91. The molecule has 0 atom stereocenters. The minimum atomic E-state index is -4.15. The summed E-state index contributed by atoms with van der Waals surface area (Å²) in [7, 11) is -1.10. The molecule has 8 heteroatoms. The van der Waals surface area contributed by atoms with Gasteiger partial charge in [0.2, 0.25) is 5.91 Å². The Morgan fingerprint density at radius 3 is 2.42 bits per heavy atom. The zero-order valence-corrected chi connectivity index (χ0v) is 18.7. The first kappa shape index (κ1) is 21.1. The second-order valence-electron chi connectivity index (χ2n) is 7.79. The summed E-state index contributed by atoms with van der Waals surface area (Å²) in [4.78, 5) is 17.7. The van der Waals surface area contributed by atoms with Gasteiger partial charge in [-0.2, -0.15) is 0 Å². The van der Waals surface area contributed by atoms with Crippen molar-refractivity contribution in [3.63, 3.8) is 0 Å². The summed E-state index contributed by atoms with van der Waals surface area (Å²) in [6, 6.07) is 12.1. The summed E-state index contributed by atoms with van der Waals surface area (Å²) in [5, 5.41) is 0.684. The molecule has 1 aliphatic carbocycles. The second kappa shape index (κ2) is 7.53. The summed E-state index contributed by atoms with van der Waals surface area (Å²) >= 11 is 0. The van der Waals surface area contributed by atoms with Gasteiger partial charge in [0.1, 0.15) is 16.4 Å². The first-order valence-electron chi connectivity index (χ1n) is 9.89. The van der Waals surface area contributed by atoms with E-state index in [0.29, 0.717) is 46.5 Å². The molecule has 1 N–H and O–H groups in total. The summed E-state index contributed by atoms with van der Waals surface area (Å²) in [6.45, 7) is 3.66. The number of carbonyl (C=O) groups excluding carboxylic acids is 1. The van der Waals surface area contributed by atoms with Crippen molar-refractivity contribution in [2.45, 2.75) is 37.0 Å². The third-order valence-electron chi connectivity index (χ3n) is 5.74. The molecule has 2 aromatic carbocycles. The van der Waals surface area contributed by atoms with Crippen LogP contribution in [0.25, 0.3) is 10.9 Å². The maximum Gasteiger partial charge on any atom is 0.266 e. The second-order valence-corrected chi connectivity index (χ2v) is 9.44. The van der Waals surface area contributed by atoms with Crippen LogP contribution in [0.5, 0.6) is 11.5 Å². The van der Waals surface area contributed by atoms with Crippen LogP contribution in [0.2, 0.25) is 0 Å². The third kappa shape index (κ3) is 3.50. The first-order valence-corrected chi connectivity index (χ1v) is 11.4. The van der Waals surface area contributed by atoms with E-state index in [4.69, 9.17) is 9.47 Å². The predicted molar refractivity (Wildman–Crippen MR) is 117 cm³/mol. The maximum atomic E-state index is 13.3. The molecule has 1 amide bonds. The highest BCUT2D eigenvalue weighted by Crippen LogP contribution is 2.55. The Bertz CT molecular complexity index is 1300. The summed E-state index contributed by atoms with van der Waals surface area (Å²) in [5.74, 6) is 0.432. The zero-order valence-electron chi connectivity index (χ0n) is 17.9. The van der Waals surface area contributed by atoms with Crippen molar-refractivity contribution in [2.75, 3.05) is 14.2 Å². The number of fused-ring (bicyclic) bond motifs is 1. The minimum Gasteiger partial charge on any atom is -0.496 e. The molecule has 162 valence electrons. The van der Waals surface area contributed by atoms with Gasteiger partial charge in [-0.05, 0) is 50.5 Å². The lowest BCUT2D eigenvalue weighted by Crippen LogP contribution is -2.39. The van der Waals surface area contributed by atoms with E-state index in [1.54, 1.807) is 25.1 Å². The van der Waals surface area contributed by atoms with Gasteiger partial charge in [0.25, 0.3) is 10.0 Å². The fourth-order valence-electron chi connectivity index (χ4n) is 3.98. The van der Waals surface area contributed by atoms with E-state index in [1.165, 1.54) is 20.3 Å². The van der Waals surface area contributed by atoms with Gasteiger partial charge in [0, 0.05) is 11.1 Å². The number of rotatable bonds is 6. The molecular formula is C23H24N2O5S. The smallest absolute Gasteiger partial charge is 0.266 e. The fraction of sp³-hybridized carbons (Fsp3) is 0.304. The average molecular weight is 441 g/mol. The number of amides is 1. The lowest BCUT2D eigenvalue weighted by Gasteiger charge is -2.22. The van der Waals surface area contributed by atoms with E-state index in [0.717, 1.165) is 5.56 Å². The number of hydrogen-bond acceptors (Lipinski definition) is 6. The minimum absolute atomic E-state index is 0.0268. The molecule has 0 saturated heterocycles. The van der Waals surface area contributed by atoms with Gasteiger partial charge in [-0.1, -0.05) is 24.3 Å². The normalized spacial score (nSPS) is 14.8. The molecule has 0 radical (unpaired) electrons. The Kier molecular flexibility index (Phi) is 5.13. The van der Waals surface area contributed by atoms with Gasteiger partial charge in [0.05, 0.1) is 30.7 Å². The third-order valence-corrected chi connectivity index (χ3v) is 7.11. The van der Waals surface area contributed by atoms with E-state index < -0.39 is 21.3 Å². The number of ether oxygens (including phenoxy) is 2. The van der Waals surface area contributed by atoms with Crippen LogP contribution in [-0.4, -0.2) is 33.5 Å². The molecule has 3 aromatic rings. The number of methoxy groups -OCH3 is 2. The predicted octanol–water partition coefficient (Wildman–Crippen LogP) is 3.41. The number of aryl methyl sites for hydroxylation is 2. The van der Waals surface area contributed by atoms with Crippen LogP contribution < -0.4 is 14.2 Å². The van der Waals surface area contributed by atoms with Crippen LogP contribution in [0, 0.1) is 13.8 Å². The molecule has 4 rings (SSSR count). The highest BCUT2D eigenvalue weighted by Gasteiger charge is 2.56. The number of para-hydroxylation sites is 1. The number of hydrogen-bond donors (Lipinski definition) is 1. The van der Waals surface area contributed by atoms with Gasteiger partial charge in [-0.3, -0.25) is 9.78 Å². The maximum absolute atomic E-state index is 13.3. The van der Waals surface area contributed by atoms with Crippen molar-refractivity contribution in [1.29, 1.82) is 0 Å². The average Bonchev–Trinajstić information content (AvgIpc) is 3.54. The summed E-state index contributed by atoms with van der Waals surface area (Å²) in [6.07, 6.45) is 0.995. The molecule has 1 aliphatic rings. The van der Waals surface area contributed by atoms with Crippen LogP contribution in [0.15, 0.2) is 47.4 Å².